The highest BCUT2D eigenvalue weighted by molar-refractivity contribution is 6.49. The molecule has 3 rings (SSSR count). The summed E-state index contributed by atoms with van der Waals surface area (Å²) in [4.78, 5) is 33.6. The average Bonchev–Trinajstić information content (AvgIpc) is 2.60. The number of nitrogen functional groups attached to an aromatic ring is 1. The third-order valence-electron chi connectivity index (χ3n) is 4.30. The molecule has 2 N–H and O–H groups in total. The van der Waals surface area contributed by atoms with Gasteiger partial charge in [-0.3, -0.25) is 4.79 Å². The third kappa shape index (κ3) is 2.91. The number of rotatable bonds is 3. The van der Waals surface area contributed by atoms with Crippen molar-refractivity contribution in [1.29, 1.82) is 0 Å². The van der Waals surface area contributed by atoms with Gasteiger partial charge in [0.1, 0.15) is 11.5 Å². The van der Waals surface area contributed by atoms with Gasteiger partial charge in [0.15, 0.2) is 5.78 Å². The van der Waals surface area contributed by atoms with Crippen LogP contribution in [-0.2, 0) is 9.53 Å². The summed E-state index contributed by atoms with van der Waals surface area (Å²) < 4.78 is 4.75. The largest absolute Gasteiger partial charge is 0.465 e. The summed E-state index contributed by atoms with van der Waals surface area (Å²) in [6, 6.07) is 8.48. The number of nitrogens with zero attached hydrogens (tertiary/aromatic N) is 2. The second-order valence-corrected chi connectivity index (χ2v) is 5.96. The molecule has 2 aromatic rings. The van der Waals surface area contributed by atoms with Crippen molar-refractivity contribution in [2.45, 2.75) is 26.2 Å². The first-order valence-electron chi connectivity index (χ1n) is 8.05. The molecular formula is C19H19N3O3. The molecule has 1 aliphatic heterocycles. The van der Waals surface area contributed by atoms with E-state index in [-0.39, 0.29) is 5.78 Å². The van der Waals surface area contributed by atoms with E-state index in [9.17, 15) is 9.59 Å². The molecule has 2 heterocycles. The molecule has 0 radical (unpaired) electrons. The van der Waals surface area contributed by atoms with Crippen molar-refractivity contribution in [2.24, 2.45) is 4.99 Å². The van der Waals surface area contributed by atoms with Gasteiger partial charge in [0.25, 0.3) is 0 Å². The van der Waals surface area contributed by atoms with Crippen LogP contribution in [-0.4, -0.2) is 29.6 Å². The molecule has 0 saturated carbocycles. The summed E-state index contributed by atoms with van der Waals surface area (Å²) in [7, 11) is 1.32. The number of nitrogens with two attached hydrogens (primary N) is 1. The van der Waals surface area contributed by atoms with E-state index in [1.807, 2.05) is 13.8 Å². The molecule has 0 amide bonds. The molecule has 128 valence electrons. The van der Waals surface area contributed by atoms with Gasteiger partial charge in [0, 0.05) is 5.56 Å². The van der Waals surface area contributed by atoms with Crippen molar-refractivity contribution < 1.29 is 14.3 Å². The number of ether oxygens (including phenoxy) is 1. The lowest BCUT2D eigenvalue weighted by atomic mass is 9.86. The van der Waals surface area contributed by atoms with E-state index in [2.05, 4.69) is 9.98 Å². The molecule has 1 unspecified atom stereocenters. The van der Waals surface area contributed by atoms with Gasteiger partial charge in [-0.2, -0.15) is 0 Å². The molecule has 0 aliphatic carbocycles. The average molecular weight is 337 g/mol. The number of carbonyl (C=O) groups is 2. The fourth-order valence-electron chi connectivity index (χ4n) is 3.06. The number of anilines is 1. The number of aryl methyl sites for hydroxylation is 1. The molecule has 0 spiro atoms. The van der Waals surface area contributed by atoms with Gasteiger partial charge in [0.05, 0.1) is 30.0 Å². The van der Waals surface area contributed by atoms with Gasteiger partial charge in [-0.05, 0) is 37.1 Å². The molecule has 0 fully saturated rings. The quantitative estimate of drug-likeness (QED) is 0.869. The predicted molar refractivity (Wildman–Crippen MR) is 95.4 cm³/mol. The Balaban J connectivity index is 2.18. The lowest BCUT2D eigenvalue weighted by molar-refractivity contribution is -0.114. The Hall–Kier alpha value is -3.02. The Labute approximate surface area is 145 Å². The highest BCUT2D eigenvalue weighted by atomic mass is 16.5. The van der Waals surface area contributed by atoms with Gasteiger partial charge in [-0.15, -0.1) is 0 Å². The van der Waals surface area contributed by atoms with E-state index in [1.54, 1.807) is 30.3 Å². The van der Waals surface area contributed by atoms with Crippen LogP contribution in [0.2, 0.25) is 0 Å². The highest BCUT2D eigenvalue weighted by Crippen LogP contribution is 2.37. The molecule has 1 atom stereocenters. The second kappa shape index (κ2) is 6.47. The van der Waals surface area contributed by atoms with Gasteiger partial charge >= 0.3 is 5.97 Å². The standard InChI is InChI=1S/C19H19N3O3/c1-4-13-17-15(10(2)8-14(20)21-17)22-16(18(13)23)11-6-5-7-12(9-11)19(24)25-3/h5-9,13H,4H2,1-3H3,(H2,20,21). The summed E-state index contributed by atoms with van der Waals surface area (Å²) in [6.07, 6.45) is 0.595. The minimum absolute atomic E-state index is 0.116. The van der Waals surface area contributed by atoms with Crippen molar-refractivity contribution in [3.63, 3.8) is 0 Å². The van der Waals surface area contributed by atoms with Crippen LogP contribution in [0.3, 0.4) is 0 Å². The molecule has 1 aromatic heterocycles. The number of esters is 1. The molecule has 25 heavy (non-hydrogen) atoms. The van der Waals surface area contributed by atoms with E-state index >= 15 is 0 Å². The fraction of sp³-hybridized carbons (Fsp3) is 0.263. The lowest BCUT2D eigenvalue weighted by Gasteiger charge is -2.23. The first kappa shape index (κ1) is 16.8. The van der Waals surface area contributed by atoms with Crippen LogP contribution in [0.4, 0.5) is 11.5 Å². The van der Waals surface area contributed by atoms with Crippen LogP contribution in [0, 0.1) is 6.92 Å². The van der Waals surface area contributed by atoms with E-state index < -0.39 is 11.9 Å². The number of hydrogen-bond acceptors (Lipinski definition) is 6. The number of aliphatic imine (C=N–C) groups is 1. The normalized spacial score (nSPS) is 16.2. The molecule has 1 aromatic carbocycles. The van der Waals surface area contributed by atoms with E-state index in [1.165, 1.54) is 7.11 Å². The van der Waals surface area contributed by atoms with Crippen molar-refractivity contribution in [3.05, 3.63) is 52.7 Å². The number of Topliss-reactive ketones (excluding diaryl/α,β-unsaturated/α-hetero) is 1. The lowest BCUT2D eigenvalue weighted by Crippen LogP contribution is -2.27. The Kier molecular flexibility index (Phi) is 4.35. The van der Waals surface area contributed by atoms with Crippen molar-refractivity contribution in [1.82, 2.24) is 4.98 Å². The third-order valence-corrected chi connectivity index (χ3v) is 4.30. The maximum Gasteiger partial charge on any atom is 0.337 e. The molecule has 6 nitrogen and oxygen atoms in total. The zero-order chi connectivity index (χ0) is 18.1. The monoisotopic (exact) mass is 337 g/mol. The molecular weight excluding hydrogens is 318 g/mol. The number of ketones is 1. The molecule has 6 heteroatoms. The Morgan fingerprint density at radius 3 is 2.76 bits per heavy atom. The number of hydrogen-bond donors (Lipinski definition) is 1. The Bertz CT molecular complexity index is 903. The van der Waals surface area contributed by atoms with E-state index in [4.69, 9.17) is 10.5 Å². The van der Waals surface area contributed by atoms with Crippen LogP contribution in [0.25, 0.3) is 0 Å². The number of pyridine rings is 1. The number of benzene rings is 1. The minimum Gasteiger partial charge on any atom is -0.465 e. The summed E-state index contributed by atoms with van der Waals surface area (Å²) >= 11 is 0. The SMILES string of the molecule is CCC1C(=O)C(c2cccc(C(=O)OC)c2)=Nc2c(C)cc(N)nc21. The summed E-state index contributed by atoms with van der Waals surface area (Å²) in [5.74, 6) is -0.585. The fourth-order valence-corrected chi connectivity index (χ4v) is 3.06. The minimum atomic E-state index is -0.455. The summed E-state index contributed by atoms with van der Waals surface area (Å²) in [5.41, 5.74) is 9.31. The van der Waals surface area contributed by atoms with Crippen LogP contribution < -0.4 is 5.73 Å². The van der Waals surface area contributed by atoms with Crippen LogP contribution >= 0.6 is 0 Å². The van der Waals surface area contributed by atoms with Gasteiger partial charge in [-0.1, -0.05) is 19.1 Å². The maximum absolute atomic E-state index is 13.0. The van der Waals surface area contributed by atoms with Gasteiger partial charge in [-0.25, -0.2) is 14.8 Å². The predicted octanol–water partition coefficient (Wildman–Crippen LogP) is 2.96. The van der Waals surface area contributed by atoms with Crippen LogP contribution in [0.5, 0.6) is 0 Å². The number of carbonyl (C=O) groups excluding carboxylic acids is 2. The van der Waals surface area contributed by atoms with Crippen LogP contribution in [0.1, 0.15) is 46.4 Å². The van der Waals surface area contributed by atoms with Crippen molar-refractivity contribution in [3.8, 4) is 0 Å². The van der Waals surface area contributed by atoms with Gasteiger partial charge in [0.2, 0.25) is 0 Å². The zero-order valence-corrected chi connectivity index (χ0v) is 14.4. The summed E-state index contributed by atoms with van der Waals surface area (Å²) in [5, 5.41) is 0. The molecule has 1 aliphatic rings. The molecule has 0 bridgehead atoms. The Morgan fingerprint density at radius 1 is 1.32 bits per heavy atom. The molecule has 0 saturated heterocycles. The van der Waals surface area contributed by atoms with Gasteiger partial charge < -0.3 is 10.5 Å². The van der Waals surface area contributed by atoms with Crippen molar-refractivity contribution >= 4 is 29.0 Å². The first-order valence-corrected chi connectivity index (χ1v) is 8.05. The van der Waals surface area contributed by atoms with E-state index in [0.29, 0.717) is 40.5 Å². The first-order chi connectivity index (χ1) is 12.0. The van der Waals surface area contributed by atoms with E-state index in [0.717, 1.165) is 5.56 Å². The maximum atomic E-state index is 13.0. The topological polar surface area (TPSA) is 94.6 Å². The van der Waals surface area contributed by atoms with Crippen LogP contribution in [0.15, 0.2) is 35.3 Å². The number of methoxy groups -OCH3 is 1. The highest BCUT2D eigenvalue weighted by Gasteiger charge is 2.33. The second-order valence-electron chi connectivity index (χ2n) is 5.96. The Morgan fingerprint density at radius 2 is 2.08 bits per heavy atom. The zero-order valence-electron chi connectivity index (χ0n) is 14.4. The number of fused-ring (bicyclic) bond motifs is 1. The number of aromatic nitrogens is 1. The smallest absolute Gasteiger partial charge is 0.337 e. The van der Waals surface area contributed by atoms with Crippen molar-refractivity contribution in [2.75, 3.05) is 12.8 Å². The summed E-state index contributed by atoms with van der Waals surface area (Å²) in [6.45, 7) is 3.83.